The Labute approximate surface area is 132 Å². The number of likely N-dealkylation sites (tertiary alicyclic amines) is 1. The van der Waals surface area contributed by atoms with Crippen LogP contribution in [0.5, 0.6) is 0 Å². The van der Waals surface area contributed by atoms with Crippen LogP contribution < -0.4 is 10.6 Å². The summed E-state index contributed by atoms with van der Waals surface area (Å²) in [6.07, 6.45) is 4.69. The smallest absolute Gasteiger partial charge is 0.321 e. The predicted molar refractivity (Wildman–Crippen MR) is 86.3 cm³/mol. The van der Waals surface area contributed by atoms with Gasteiger partial charge in [0, 0.05) is 6.54 Å². The van der Waals surface area contributed by atoms with Gasteiger partial charge in [-0.05, 0) is 38.4 Å². The lowest BCUT2D eigenvalue weighted by Crippen LogP contribution is -2.49. The molecule has 1 atom stereocenters. The number of nitrogens with one attached hydrogen (secondary N) is 2. The summed E-state index contributed by atoms with van der Waals surface area (Å²) in [5.74, 6) is -0.229. The van der Waals surface area contributed by atoms with E-state index < -0.39 is 6.03 Å². The minimum Gasteiger partial charge on any atom is -0.334 e. The molecule has 0 aromatic heterocycles. The lowest BCUT2D eigenvalue weighted by atomic mass is 10.2. The van der Waals surface area contributed by atoms with Crippen molar-refractivity contribution in [3.8, 4) is 0 Å². The summed E-state index contributed by atoms with van der Waals surface area (Å²) in [6, 6.07) is 8.93. The van der Waals surface area contributed by atoms with Crippen LogP contribution in [0, 0.1) is 0 Å². The van der Waals surface area contributed by atoms with E-state index in [1.54, 1.807) is 0 Å². The number of urea groups is 1. The molecule has 1 aromatic carbocycles. The summed E-state index contributed by atoms with van der Waals surface area (Å²) in [6.45, 7) is 4.14. The van der Waals surface area contributed by atoms with Crippen molar-refractivity contribution >= 4 is 11.9 Å². The van der Waals surface area contributed by atoms with Gasteiger partial charge >= 0.3 is 6.03 Å². The Morgan fingerprint density at radius 2 is 1.73 bits per heavy atom. The SMILES string of the molecule is C[C@H](C(=O)NC(=O)NCc1ccccc1)N1CCCCCC1. The molecule has 1 aliphatic rings. The van der Waals surface area contributed by atoms with E-state index in [9.17, 15) is 9.59 Å². The van der Waals surface area contributed by atoms with Gasteiger partial charge in [-0.1, -0.05) is 43.2 Å². The zero-order chi connectivity index (χ0) is 15.8. The fourth-order valence-electron chi connectivity index (χ4n) is 2.69. The molecule has 0 saturated carbocycles. The standard InChI is InChI=1S/C17H25N3O2/c1-14(20-11-7-2-3-8-12-20)16(21)19-17(22)18-13-15-9-5-4-6-10-15/h4-6,9-10,14H,2-3,7-8,11-13H2,1H3,(H2,18,19,21,22)/t14-/m1/s1. The molecule has 22 heavy (non-hydrogen) atoms. The molecule has 0 aliphatic carbocycles. The van der Waals surface area contributed by atoms with Gasteiger partial charge in [0.05, 0.1) is 6.04 Å². The highest BCUT2D eigenvalue weighted by Crippen LogP contribution is 2.12. The van der Waals surface area contributed by atoms with Crippen molar-refractivity contribution in [2.24, 2.45) is 0 Å². The van der Waals surface area contributed by atoms with Gasteiger partial charge in [-0.3, -0.25) is 15.0 Å². The van der Waals surface area contributed by atoms with E-state index >= 15 is 0 Å². The average Bonchev–Trinajstić information content (AvgIpc) is 2.82. The van der Waals surface area contributed by atoms with Gasteiger partial charge in [0.15, 0.2) is 0 Å². The maximum atomic E-state index is 12.2. The third kappa shape index (κ3) is 5.15. The molecule has 0 spiro atoms. The van der Waals surface area contributed by atoms with Gasteiger partial charge in [-0.25, -0.2) is 4.79 Å². The zero-order valence-corrected chi connectivity index (χ0v) is 13.2. The monoisotopic (exact) mass is 303 g/mol. The predicted octanol–water partition coefficient (Wildman–Crippen LogP) is 2.28. The minimum absolute atomic E-state index is 0.229. The summed E-state index contributed by atoms with van der Waals surface area (Å²) in [4.78, 5) is 26.1. The molecule has 0 unspecified atom stereocenters. The Morgan fingerprint density at radius 3 is 2.36 bits per heavy atom. The lowest BCUT2D eigenvalue weighted by molar-refractivity contribution is -0.124. The van der Waals surface area contributed by atoms with Crippen molar-refractivity contribution in [3.63, 3.8) is 0 Å². The molecule has 1 fully saturated rings. The summed E-state index contributed by atoms with van der Waals surface area (Å²) in [5.41, 5.74) is 1.01. The molecular weight excluding hydrogens is 278 g/mol. The topological polar surface area (TPSA) is 61.4 Å². The number of benzene rings is 1. The number of nitrogens with zero attached hydrogens (tertiary/aromatic N) is 1. The normalized spacial score (nSPS) is 17.3. The number of amides is 3. The minimum atomic E-state index is -0.435. The van der Waals surface area contributed by atoms with Crippen LogP contribution in [0.1, 0.15) is 38.2 Å². The van der Waals surface area contributed by atoms with Crippen LogP contribution in [-0.2, 0) is 11.3 Å². The second-order valence-corrected chi connectivity index (χ2v) is 5.78. The van der Waals surface area contributed by atoms with E-state index in [2.05, 4.69) is 15.5 Å². The molecule has 2 rings (SSSR count). The number of carbonyl (C=O) groups excluding carboxylic acids is 2. The maximum absolute atomic E-state index is 12.2. The van der Waals surface area contributed by atoms with Crippen LogP contribution in [0.3, 0.4) is 0 Å². The van der Waals surface area contributed by atoms with Crippen LogP contribution in [0.4, 0.5) is 4.79 Å². The van der Waals surface area contributed by atoms with E-state index in [1.807, 2.05) is 37.3 Å². The zero-order valence-electron chi connectivity index (χ0n) is 13.2. The largest absolute Gasteiger partial charge is 0.334 e. The second-order valence-electron chi connectivity index (χ2n) is 5.78. The number of hydrogen-bond acceptors (Lipinski definition) is 3. The van der Waals surface area contributed by atoms with Crippen molar-refractivity contribution in [3.05, 3.63) is 35.9 Å². The van der Waals surface area contributed by atoms with Gasteiger partial charge in [-0.2, -0.15) is 0 Å². The van der Waals surface area contributed by atoms with E-state index in [4.69, 9.17) is 0 Å². The molecule has 1 aromatic rings. The highest BCUT2D eigenvalue weighted by Gasteiger charge is 2.23. The van der Waals surface area contributed by atoms with Gasteiger partial charge in [0.25, 0.3) is 0 Å². The first kappa shape index (κ1) is 16.5. The van der Waals surface area contributed by atoms with Crippen LogP contribution in [0.2, 0.25) is 0 Å². The molecule has 2 N–H and O–H groups in total. The highest BCUT2D eigenvalue weighted by molar-refractivity contribution is 5.96. The second kappa shape index (κ2) is 8.54. The first-order valence-electron chi connectivity index (χ1n) is 8.03. The van der Waals surface area contributed by atoms with Gasteiger partial charge in [0.1, 0.15) is 0 Å². The number of imide groups is 1. The third-order valence-electron chi connectivity index (χ3n) is 4.10. The first-order chi connectivity index (χ1) is 10.7. The maximum Gasteiger partial charge on any atom is 0.321 e. The van der Waals surface area contributed by atoms with Crippen molar-refractivity contribution in [1.29, 1.82) is 0 Å². The molecule has 3 amide bonds. The van der Waals surface area contributed by atoms with Crippen LogP contribution in [0.15, 0.2) is 30.3 Å². The van der Waals surface area contributed by atoms with Crippen LogP contribution in [0.25, 0.3) is 0 Å². The van der Waals surface area contributed by atoms with E-state index in [0.717, 1.165) is 31.5 Å². The summed E-state index contributed by atoms with van der Waals surface area (Å²) < 4.78 is 0. The molecular formula is C17H25N3O2. The van der Waals surface area contributed by atoms with Gasteiger partial charge in [-0.15, -0.1) is 0 Å². The Balaban J connectivity index is 1.76. The highest BCUT2D eigenvalue weighted by atomic mass is 16.2. The molecule has 1 saturated heterocycles. The third-order valence-corrected chi connectivity index (χ3v) is 4.10. The number of hydrogen-bond donors (Lipinski definition) is 2. The number of carbonyl (C=O) groups is 2. The Bertz CT molecular complexity index is 482. The molecule has 0 bridgehead atoms. The van der Waals surface area contributed by atoms with Gasteiger partial charge in [0.2, 0.25) is 5.91 Å². The molecule has 1 heterocycles. The van der Waals surface area contributed by atoms with Crippen molar-refractivity contribution in [2.75, 3.05) is 13.1 Å². The Morgan fingerprint density at radius 1 is 1.09 bits per heavy atom. The van der Waals surface area contributed by atoms with E-state index in [-0.39, 0.29) is 11.9 Å². The van der Waals surface area contributed by atoms with Crippen LogP contribution >= 0.6 is 0 Å². The fraction of sp³-hybridized carbons (Fsp3) is 0.529. The van der Waals surface area contributed by atoms with E-state index in [0.29, 0.717) is 6.54 Å². The quantitative estimate of drug-likeness (QED) is 0.897. The van der Waals surface area contributed by atoms with Crippen molar-refractivity contribution < 1.29 is 9.59 Å². The summed E-state index contributed by atoms with van der Waals surface area (Å²) >= 11 is 0. The van der Waals surface area contributed by atoms with Gasteiger partial charge < -0.3 is 5.32 Å². The van der Waals surface area contributed by atoms with E-state index in [1.165, 1.54) is 12.8 Å². The van der Waals surface area contributed by atoms with Crippen LogP contribution in [-0.4, -0.2) is 36.0 Å². The Kier molecular flexibility index (Phi) is 6.40. The number of rotatable bonds is 4. The summed E-state index contributed by atoms with van der Waals surface area (Å²) in [5, 5.41) is 5.15. The summed E-state index contributed by atoms with van der Waals surface area (Å²) in [7, 11) is 0. The lowest BCUT2D eigenvalue weighted by Gasteiger charge is -2.26. The molecule has 1 aliphatic heterocycles. The molecule has 5 nitrogen and oxygen atoms in total. The Hall–Kier alpha value is -1.88. The average molecular weight is 303 g/mol. The van der Waals surface area contributed by atoms with Crippen molar-refractivity contribution in [2.45, 2.75) is 45.2 Å². The van der Waals surface area contributed by atoms with Crippen molar-refractivity contribution in [1.82, 2.24) is 15.5 Å². The molecule has 0 radical (unpaired) electrons. The molecule has 5 heteroatoms. The molecule has 120 valence electrons. The first-order valence-corrected chi connectivity index (χ1v) is 8.03. The fourth-order valence-corrected chi connectivity index (χ4v) is 2.69.